The largest absolute Gasteiger partial charge is 0.378 e. The minimum atomic E-state index is 0.0468. The van der Waals surface area contributed by atoms with Crippen molar-refractivity contribution in [2.45, 2.75) is 6.92 Å². The SMILES string of the molecule is CC(=O)COCCOCCBr. The van der Waals surface area contributed by atoms with E-state index >= 15 is 0 Å². The van der Waals surface area contributed by atoms with Crippen LogP contribution in [0.5, 0.6) is 0 Å². The van der Waals surface area contributed by atoms with Crippen LogP contribution in [0.4, 0.5) is 0 Å². The van der Waals surface area contributed by atoms with Crippen molar-refractivity contribution in [1.29, 1.82) is 0 Å². The Bertz CT molecular complexity index is 106. The van der Waals surface area contributed by atoms with Gasteiger partial charge in [-0.25, -0.2) is 0 Å². The fourth-order valence-electron chi connectivity index (χ4n) is 0.490. The van der Waals surface area contributed by atoms with E-state index in [1.807, 2.05) is 0 Å². The lowest BCUT2D eigenvalue weighted by Gasteiger charge is -2.01. The summed E-state index contributed by atoms with van der Waals surface area (Å²) in [5.74, 6) is 0.0468. The lowest BCUT2D eigenvalue weighted by atomic mass is 10.5. The summed E-state index contributed by atoms with van der Waals surface area (Å²) in [7, 11) is 0. The van der Waals surface area contributed by atoms with E-state index in [0.29, 0.717) is 19.8 Å². The Morgan fingerprint density at radius 1 is 1.27 bits per heavy atom. The molecule has 0 aliphatic heterocycles. The smallest absolute Gasteiger partial charge is 0.155 e. The number of ether oxygens (including phenoxy) is 2. The van der Waals surface area contributed by atoms with E-state index in [2.05, 4.69) is 15.9 Å². The first-order chi connectivity index (χ1) is 5.27. The summed E-state index contributed by atoms with van der Waals surface area (Å²) >= 11 is 3.22. The number of alkyl halides is 1. The number of Topliss-reactive ketones (excluding diaryl/α,β-unsaturated/α-hetero) is 1. The highest BCUT2D eigenvalue weighted by Gasteiger charge is 1.92. The Kier molecular flexibility index (Phi) is 8.22. The van der Waals surface area contributed by atoms with Crippen molar-refractivity contribution < 1.29 is 14.3 Å². The molecule has 4 heteroatoms. The first kappa shape index (κ1) is 11.1. The molecule has 3 nitrogen and oxygen atoms in total. The predicted molar refractivity (Wildman–Crippen MR) is 46.1 cm³/mol. The van der Waals surface area contributed by atoms with Crippen molar-refractivity contribution >= 4 is 21.7 Å². The lowest BCUT2D eigenvalue weighted by molar-refractivity contribution is -0.121. The highest BCUT2D eigenvalue weighted by molar-refractivity contribution is 9.09. The molecule has 0 aliphatic carbocycles. The molecule has 0 N–H and O–H groups in total. The van der Waals surface area contributed by atoms with Gasteiger partial charge in [-0.15, -0.1) is 0 Å². The number of halogens is 1. The molecule has 0 saturated carbocycles. The van der Waals surface area contributed by atoms with Gasteiger partial charge in [0.25, 0.3) is 0 Å². The molecule has 0 fully saturated rings. The molecular weight excluding hydrogens is 212 g/mol. The van der Waals surface area contributed by atoms with E-state index in [1.54, 1.807) is 0 Å². The fourth-order valence-corrected chi connectivity index (χ4v) is 0.719. The second-order valence-corrected chi connectivity index (χ2v) is 2.85. The lowest BCUT2D eigenvalue weighted by Crippen LogP contribution is -2.10. The monoisotopic (exact) mass is 224 g/mol. The van der Waals surface area contributed by atoms with Crippen LogP contribution in [0.25, 0.3) is 0 Å². The summed E-state index contributed by atoms with van der Waals surface area (Å²) in [4.78, 5) is 10.4. The third kappa shape index (κ3) is 10.1. The number of carbonyl (C=O) groups is 1. The molecule has 0 heterocycles. The Labute approximate surface area is 75.2 Å². The number of rotatable bonds is 7. The molecule has 0 saturated heterocycles. The zero-order valence-electron chi connectivity index (χ0n) is 6.64. The van der Waals surface area contributed by atoms with E-state index in [9.17, 15) is 4.79 Å². The second kappa shape index (κ2) is 8.17. The average molecular weight is 225 g/mol. The van der Waals surface area contributed by atoms with Gasteiger partial charge < -0.3 is 9.47 Å². The standard InChI is InChI=1S/C7H13BrO3/c1-7(9)6-11-5-4-10-3-2-8/h2-6H2,1H3. The van der Waals surface area contributed by atoms with Crippen LogP contribution in [0, 0.1) is 0 Å². The third-order valence-corrected chi connectivity index (χ3v) is 1.22. The van der Waals surface area contributed by atoms with Crippen LogP contribution in [0.15, 0.2) is 0 Å². The van der Waals surface area contributed by atoms with Crippen molar-refractivity contribution in [2.24, 2.45) is 0 Å². The van der Waals surface area contributed by atoms with Gasteiger partial charge in [-0.1, -0.05) is 15.9 Å². The molecule has 0 aromatic rings. The molecule has 0 aliphatic rings. The predicted octanol–water partition coefficient (Wildman–Crippen LogP) is 1.00. The number of hydrogen-bond donors (Lipinski definition) is 0. The molecule has 0 atom stereocenters. The van der Waals surface area contributed by atoms with Gasteiger partial charge in [-0.05, 0) is 6.92 Å². The normalized spacial score (nSPS) is 10.0. The number of carbonyl (C=O) groups excluding carboxylic acids is 1. The Morgan fingerprint density at radius 3 is 2.45 bits per heavy atom. The minimum absolute atomic E-state index is 0.0468. The van der Waals surface area contributed by atoms with Crippen molar-refractivity contribution in [3.8, 4) is 0 Å². The summed E-state index contributed by atoms with van der Waals surface area (Å²) in [5, 5.41) is 0.833. The second-order valence-electron chi connectivity index (χ2n) is 2.06. The van der Waals surface area contributed by atoms with Gasteiger partial charge in [0.1, 0.15) is 6.61 Å². The van der Waals surface area contributed by atoms with Gasteiger partial charge in [0.15, 0.2) is 5.78 Å². The summed E-state index contributed by atoms with van der Waals surface area (Å²) in [5.41, 5.74) is 0. The molecule has 66 valence electrons. The minimum Gasteiger partial charge on any atom is -0.378 e. The van der Waals surface area contributed by atoms with E-state index < -0.39 is 0 Å². The molecule has 0 radical (unpaired) electrons. The van der Waals surface area contributed by atoms with E-state index in [4.69, 9.17) is 9.47 Å². The number of ketones is 1. The topological polar surface area (TPSA) is 35.5 Å². The van der Waals surface area contributed by atoms with Crippen LogP contribution < -0.4 is 0 Å². The fraction of sp³-hybridized carbons (Fsp3) is 0.857. The maximum Gasteiger partial charge on any atom is 0.155 e. The summed E-state index contributed by atoms with van der Waals surface area (Å²) in [6.07, 6.45) is 0. The number of hydrogen-bond acceptors (Lipinski definition) is 3. The Morgan fingerprint density at radius 2 is 1.91 bits per heavy atom. The Hall–Kier alpha value is 0.0700. The molecule has 0 spiro atoms. The van der Waals surface area contributed by atoms with Crippen molar-refractivity contribution in [3.05, 3.63) is 0 Å². The zero-order chi connectivity index (χ0) is 8.53. The van der Waals surface area contributed by atoms with Crippen molar-refractivity contribution in [3.63, 3.8) is 0 Å². The zero-order valence-corrected chi connectivity index (χ0v) is 8.22. The highest BCUT2D eigenvalue weighted by Crippen LogP contribution is 1.83. The maximum absolute atomic E-state index is 10.4. The van der Waals surface area contributed by atoms with Crippen LogP contribution in [-0.2, 0) is 14.3 Å². The average Bonchev–Trinajstić information content (AvgIpc) is 1.96. The highest BCUT2D eigenvalue weighted by atomic mass is 79.9. The maximum atomic E-state index is 10.4. The molecule has 0 aromatic heterocycles. The van der Waals surface area contributed by atoms with E-state index in [-0.39, 0.29) is 12.4 Å². The third-order valence-electron chi connectivity index (χ3n) is 0.899. The molecule has 0 rings (SSSR count). The van der Waals surface area contributed by atoms with E-state index in [1.165, 1.54) is 6.92 Å². The van der Waals surface area contributed by atoms with Gasteiger partial charge in [0.2, 0.25) is 0 Å². The summed E-state index contributed by atoms with van der Waals surface area (Å²) in [6, 6.07) is 0. The molecule has 0 aromatic carbocycles. The van der Waals surface area contributed by atoms with Crippen LogP contribution in [-0.4, -0.2) is 37.5 Å². The van der Waals surface area contributed by atoms with Crippen LogP contribution >= 0.6 is 15.9 Å². The first-order valence-corrected chi connectivity index (χ1v) is 4.60. The van der Waals surface area contributed by atoms with Crippen LogP contribution in [0.1, 0.15) is 6.92 Å². The van der Waals surface area contributed by atoms with Crippen LogP contribution in [0.2, 0.25) is 0 Å². The first-order valence-electron chi connectivity index (χ1n) is 3.48. The molecule has 0 unspecified atom stereocenters. The quantitative estimate of drug-likeness (QED) is 0.479. The van der Waals surface area contributed by atoms with Gasteiger partial charge in [-0.2, -0.15) is 0 Å². The van der Waals surface area contributed by atoms with Crippen molar-refractivity contribution in [2.75, 3.05) is 31.8 Å². The summed E-state index contributed by atoms with van der Waals surface area (Å²) < 4.78 is 10.0. The molecule has 0 bridgehead atoms. The van der Waals surface area contributed by atoms with Gasteiger partial charge in [-0.3, -0.25) is 4.79 Å². The van der Waals surface area contributed by atoms with E-state index in [0.717, 1.165) is 5.33 Å². The molecular formula is C7H13BrO3. The van der Waals surface area contributed by atoms with Gasteiger partial charge in [0, 0.05) is 5.33 Å². The Balaban J connectivity index is 2.85. The summed E-state index contributed by atoms with van der Waals surface area (Å²) in [6.45, 7) is 3.42. The molecule has 11 heavy (non-hydrogen) atoms. The van der Waals surface area contributed by atoms with Gasteiger partial charge in [0.05, 0.1) is 19.8 Å². The van der Waals surface area contributed by atoms with Crippen LogP contribution in [0.3, 0.4) is 0 Å². The van der Waals surface area contributed by atoms with Crippen molar-refractivity contribution in [1.82, 2.24) is 0 Å². The van der Waals surface area contributed by atoms with Gasteiger partial charge >= 0.3 is 0 Å². The molecule has 0 amide bonds.